The molecule has 114 valence electrons. The van der Waals surface area contributed by atoms with Gasteiger partial charge in [-0.3, -0.25) is 4.79 Å². The number of nitrogens with one attached hydrogen (secondary N) is 1. The van der Waals surface area contributed by atoms with E-state index >= 15 is 0 Å². The summed E-state index contributed by atoms with van der Waals surface area (Å²) < 4.78 is 5.87. The molecule has 1 amide bonds. The van der Waals surface area contributed by atoms with Crippen molar-refractivity contribution in [2.24, 2.45) is 5.73 Å². The van der Waals surface area contributed by atoms with E-state index in [1.165, 1.54) is 0 Å². The summed E-state index contributed by atoms with van der Waals surface area (Å²) in [5.74, 6) is 0.820. The smallest absolute Gasteiger partial charge is 0.262 e. The van der Waals surface area contributed by atoms with Crippen LogP contribution >= 0.6 is 0 Å². The van der Waals surface area contributed by atoms with Gasteiger partial charge in [-0.15, -0.1) is 0 Å². The average molecular weight is 305 g/mol. The molecular weight excluding hydrogens is 290 g/mol. The van der Waals surface area contributed by atoms with Gasteiger partial charge in [0.05, 0.1) is 0 Å². The van der Waals surface area contributed by atoms with E-state index in [1.807, 2.05) is 54.6 Å². The second-order valence-corrected chi connectivity index (χ2v) is 5.00. The number of nitriles is 1. The van der Waals surface area contributed by atoms with Crippen molar-refractivity contribution in [1.82, 2.24) is 5.32 Å². The van der Waals surface area contributed by atoms with Gasteiger partial charge in [-0.2, -0.15) is 5.26 Å². The van der Waals surface area contributed by atoms with E-state index in [2.05, 4.69) is 5.32 Å². The van der Waals surface area contributed by atoms with Crippen molar-refractivity contribution in [2.45, 2.75) is 0 Å². The molecule has 1 aliphatic heterocycles. The number of carbonyl (C=O) groups is 1. The van der Waals surface area contributed by atoms with E-state index in [0.717, 1.165) is 11.1 Å². The van der Waals surface area contributed by atoms with Crippen molar-refractivity contribution in [1.29, 1.82) is 5.26 Å². The van der Waals surface area contributed by atoms with E-state index in [1.54, 1.807) is 0 Å². The maximum absolute atomic E-state index is 12.4. The number of nitrogens with zero attached hydrogens (tertiary/aromatic N) is 1. The molecule has 0 saturated heterocycles. The van der Waals surface area contributed by atoms with E-state index in [9.17, 15) is 10.1 Å². The Morgan fingerprint density at radius 1 is 1.09 bits per heavy atom. The van der Waals surface area contributed by atoms with Crippen molar-refractivity contribution in [3.63, 3.8) is 0 Å². The summed E-state index contributed by atoms with van der Waals surface area (Å²) in [7, 11) is 0. The Balaban J connectivity index is 2.23. The van der Waals surface area contributed by atoms with Crippen LogP contribution in [0.3, 0.4) is 0 Å². The Morgan fingerprint density at radius 3 is 2.17 bits per heavy atom. The molecule has 3 N–H and O–H groups in total. The molecule has 0 aromatic heterocycles. The molecule has 0 spiro atoms. The number of benzene rings is 2. The van der Waals surface area contributed by atoms with Crippen LogP contribution in [-0.2, 0) is 4.79 Å². The first-order valence-electron chi connectivity index (χ1n) is 7.25. The summed E-state index contributed by atoms with van der Waals surface area (Å²) in [6.07, 6.45) is 0. The standard InChI is InChI=1S/C18H15N3O2/c19-9-10-21-18(22)14(11-20)17-12-5-1-3-7-15(12)23-16-8-4-2-6-13(16)17/h1-8H,9-10,19H2,(H,21,22). The highest BCUT2D eigenvalue weighted by atomic mass is 16.5. The topological polar surface area (TPSA) is 88.1 Å². The minimum atomic E-state index is -0.431. The molecule has 0 atom stereocenters. The predicted octanol–water partition coefficient (Wildman–Crippen LogP) is 2.19. The Bertz CT molecular complexity index is 787. The first-order chi connectivity index (χ1) is 11.3. The number of hydrogen-bond acceptors (Lipinski definition) is 4. The number of hydrogen-bond donors (Lipinski definition) is 2. The van der Waals surface area contributed by atoms with Crippen molar-refractivity contribution >= 4 is 11.5 Å². The number of rotatable bonds is 3. The molecule has 0 fully saturated rings. The maximum Gasteiger partial charge on any atom is 0.262 e. The van der Waals surface area contributed by atoms with Gasteiger partial charge in [0, 0.05) is 29.8 Å². The van der Waals surface area contributed by atoms with Crippen molar-refractivity contribution in [2.75, 3.05) is 13.1 Å². The van der Waals surface area contributed by atoms with Gasteiger partial charge in [-0.25, -0.2) is 0 Å². The molecule has 1 heterocycles. The van der Waals surface area contributed by atoms with Crippen LogP contribution in [0.2, 0.25) is 0 Å². The molecule has 5 heteroatoms. The summed E-state index contributed by atoms with van der Waals surface area (Å²) in [6.45, 7) is 0.632. The molecule has 1 aliphatic rings. The zero-order chi connectivity index (χ0) is 16.2. The van der Waals surface area contributed by atoms with Crippen LogP contribution in [-0.4, -0.2) is 19.0 Å². The summed E-state index contributed by atoms with van der Waals surface area (Å²) in [5.41, 5.74) is 7.51. The lowest BCUT2D eigenvalue weighted by Crippen LogP contribution is -2.30. The fraction of sp³-hybridized carbons (Fsp3) is 0.111. The van der Waals surface area contributed by atoms with Gasteiger partial charge >= 0.3 is 0 Å². The Morgan fingerprint density at radius 2 is 1.65 bits per heavy atom. The van der Waals surface area contributed by atoms with Gasteiger partial charge in [0.2, 0.25) is 0 Å². The Hall–Kier alpha value is -3.10. The van der Waals surface area contributed by atoms with Crippen LogP contribution in [0.4, 0.5) is 0 Å². The minimum absolute atomic E-state index is 0.0571. The van der Waals surface area contributed by atoms with E-state index < -0.39 is 5.91 Å². The first-order valence-corrected chi connectivity index (χ1v) is 7.25. The fourth-order valence-electron chi connectivity index (χ4n) is 2.55. The van der Waals surface area contributed by atoms with E-state index in [-0.39, 0.29) is 5.57 Å². The van der Waals surface area contributed by atoms with Crippen LogP contribution in [0.25, 0.3) is 5.57 Å². The number of nitrogens with two attached hydrogens (primary N) is 1. The van der Waals surface area contributed by atoms with Crippen LogP contribution in [0.1, 0.15) is 11.1 Å². The third-order valence-electron chi connectivity index (χ3n) is 3.55. The lowest BCUT2D eigenvalue weighted by molar-refractivity contribution is -0.117. The van der Waals surface area contributed by atoms with Crippen LogP contribution in [0.15, 0.2) is 54.1 Å². The summed E-state index contributed by atoms with van der Waals surface area (Å²) in [6, 6.07) is 16.8. The van der Waals surface area contributed by atoms with Crippen molar-refractivity contribution < 1.29 is 9.53 Å². The number of para-hydroxylation sites is 2. The molecular formula is C18H15N3O2. The average Bonchev–Trinajstić information content (AvgIpc) is 2.59. The molecule has 3 rings (SSSR count). The zero-order valence-electron chi connectivity index (χ0n) is 12.4. The Kier molecular flexibility index (Phi) is 4.09. The quantitative estimate of drug-likeness (QED) is 0.573. The molecule has 0 aliphatic carbocycles. The molecule has 23 heavy (non-hydrogen) atoms. The highest BCUT2D eigenvalue weighted by molar-refractivity contribution is 6.09. The second kappa shape index (κ2) is 6.34. The lowest BCUT2D eigenvalue weighted by atomic mass is 9.90. The summed E-state index contributed by atoms with van der Waals surface area (Å²) in [5, 5.41) is 12.2. The van der Waals surface area contributed by atoms with Crippen molar-refractivity contribution in [3.05, 3.63) is 65.2 Å². The highest BCUT2D eigenvalue weighted by Crippen LogP contribution is 2.44. The minimum Gasteiger partial charge on any atom is -0.456 e. The lowest BCUT2D eigenvalue weighted by Gasteiger charge is -2.23. The first kappa shape index (κ1) is 14.8. The van der Waals surface area contributed by atoms with Gasteiger partial charge in [-0.05, 0) is 12.1 Å². The van der Waals surface area contributed by atoms with Crippen molar-refractivity contribution in [3.8, 4) is 17.6 Å². The van der Waals surface area contributed by atoms with E-state index in [4.69, 9.17) is 10.5 Å². The van der Waals surface area contributed by atoms with Gasteiger partial charge in [0.25, 0.3) is 5.91 Å². The molecule has 5 nitrogen and oxygen atoms in total. The van der Waals surface area contributed by atoms with Gasteiger partial charge < -0.3 is 15.8 Å². The molecule has 0 bridgehead atoms. The zero-order valence-corrected chi connectivity index (χ0v) is 12.4. The van der Waals surface area contributed by atoms with Crippen LogP contribution < -0.4 is 15.8 Å². The number of ether oxygens (including phenoxy) is 1. The molecule has 2 aromatic rings. The maximum atomic E-state index is 12.4. The van der Waals surface area contributed by atoms with E-state index in [0.29, 0.717) is 30.2 Å². The third kappa shape index (κ3) is 2.68. The largest absolute Gasteiger partial charge is 0.456 e. The van der Waals surface area contributed by atoms with Gasteiger partial charge in [0.15, 0.2) is 0 Å². The number of amides is 1. The molecule has 0 saturated carbocycles. The predicted molar refractivity (Wildman–Crippen MR) is 86.7 cm³/mol. The Labute approximate surface area is 134 Å². The second-order valence-electron chi connectivity index (χ2n) is 5.00. The highest BCUT2D eigenvalue weighted by Gasteiger charge is 2.27. The molecule has 0 unspecified atom stereocenters. The van der Waals surface area contributed by atoms with Gasteiger partial charge in [-0.1, -0.05) is 36.4 Å². The SMILES string of the molecule is N#CC(C(=O)NCCN)=C1c2ccccc2Oc2ccccc21. The monoisotopic (exact) mass is 305 g/mol. The van der Waals surface area contributed by atoms with Crippen LogP contribution in [0, 0.1) is 11.3 Å². The number of carbonyl (C=O) groups excluding carboxylic acids is 1. The third-order valence-corrected chi connectivity index (χ3v) is 3.55. The summed E-state index contributed by atoms with van der Waals surface area (Å²) in [4.78, 5) is 12.4. The molecule has 2 aromatic carbocycles. The molecule has 0 radical (unpaired) electrons. The number of fused-ring (bicyclic) bond motifs is 2. The normalized spacial score (nSPS) is 11.6. The van der Waals surface area contributed by atoms with Gasteiger partial charge in [0.1, 0.15) is 23.1 Å². The summed E-state index contributed by atoms with van der Waals surface area (Å²) >= 11 is 0. The van der Waals surface area contributed by atoms with Crippen LogP contribution in [0.5, 0.6) is 11.5 Å². The fourth-order valence-corrected chi connectivity index (χ4v) is 2.55.